The lowest BCUT2D eigenvalue weighted by atomic mass is 10.0. The molecule has 1 aromatic carbocycles. The normalized spacial score (nSPS) is 19.9. The van der Waals surface area contributed by atoms with Gasteiger partial charge in [-0.1, -0.05) is 12.1 Å². The number of aromatic amines is 1. The number of nitrogens with zero attached hydrogens (tertiary/aromatic N) is 1. The van der Waals surface area contributed by atoms with Crippen LogP contribution in [0.5, 0.6) is 5.75 Å². The lowest BCUT2D eigenvalue weighted by Crippen LogP contribution is -2.49. The van der Waals surface area contributed by atoms with E-state index in [0.29, 0.717) is 31.6 Å². The molecule has 1 aliphatic heterocycles. The molecule has 2 aliphatic rings. The quantitative estimate of drug-likeness (QED) is 0.723. The van der Waals surface area contributed by atoms with Gasteiger partial charge in [-0.2, -0.15) is 13.2 Å². The number of hydrogen-bond acceptors (Lipinski definition) is 5. The highest BCUT2D eigenvalue weighted by molar-refractivity contribution is 5.94. The van der Waals surface area contributed by atoms with Gasteiger partial charge in [-0.15, -0.1) is 0 Å². The molecule has 10 heteroatoms. The molecule has 2 heterocycles. The molecule has 1 aliphatic carbocycles. The Balaban J connectivity index is 1.54. The van der Waals surface area contributed by atoms with Crippen molar-refractivity contribution in [3.8, 4) is 16.9 Å². The van der Waals surface area contributed by atoms with Crippen LogP contribution >= 0.6 is 0 Å². The van der Waals surface area contributed by atoms with Gasteiger partial charge in [0.2, 0.25) is 0 Å². The van der Waals surface area contributed by atoms with E-state index in [4.69, 9.17) is 15.2 Å². The van der Waals surface area contributed by atoms with Gasteiger partial charge in [-0.05, 0) is 36.6 Å². The van der Waals surface area contributed by atoms with Crippen LogP contribution in [0.4, 0.5) is 13.2 Å². The average Bonchev–Trinajstić information content (AvgIpc) is 3.57. The van der Waals surface area contributed by atoms with E-state index in [1.807, 2.05) is 0 Å². The van der Waals surface area contributed by atoms with Crippen molar-refractivity contribution in [1.82, 2.24) is 9.88 Å². The van der Waals surface area contributed by atoms with Crippen LogP contribution in [-0.4, -0.2) is 54.2 Å². The summed E-state index contributed by atoms with van der Waals surface area (Å²) in [6.45, 7) is 2.56. The van der Waals surface area contributed by atoms with Crippen LogP contribution in [0.2, 0.25) is 0 Å². The largest absolute Gasteiger partial charge is 0.492 e. The summed E-state index contributed by atoms with van der Waals surface area (Å²) < 4.78 is 51.7. The maximum atomic E-state index is 13.4. The second-order valence-corrected chi connectivity index (χ2v) is 7.70. The van der Waals surface area contributed by atoms with E-state index in [1.54, 1.807) is 17.1 Å². The number of nitrogens with one attached hydrogen (secondary N) is 1. The van der Waals surface area contributed by atoms with Crippen LogP contribution in [0.25, 0.3) is 11.1 Å². The molecule has 1 saturated heterocycles. The Bertz CT molecular complexity index is 1020. The van der Waals surface area contributed by atoms with E-state index in [2.05, 4.69) is 4.90 Å². The zero-order valence-electron chi connectivity index (χ0n) is 16.6. The fourth-order valence-corrected chi connectivity index (χ4v) is 3.79. The Hall–Kier alpha value is -2.85. The molecular formula is C21H22F3N3O4. The van der Waals surface area contributed by atoms with E-state index >= 15 is 0 Å². The van der Waals surface area contributed by atoms with Gasteiger partial charge in [0.15, 0.2) is 0 Å². The topological polar surface area (TPSA) is 97.7 Å². The second-order valence-electron chi connectivity index (χ2n) is 7.70. The monoisotopic (exact) mass is 437 g/mol. The minimum atomic E-state index is -4.81. The Labute approximate surface area is 175 Å². The lowest BCUT2D eigenvalue weighted by Gasteiger charge is -2.35. The minimum Gasteiger partial charge on any atom is -0.492 e. The van der Waals surface area contributed by atoms with Gasteiger partial charge < -0.3 is 20.2 Å². The Morgan fingerprint density at radius 1 is 1.26 bits per heavy atom. The molecule has 166 valence electrons. The highest BCUT2D eigenvalue weighted by Crippen LogP contribution is 2.36. The predicted molar refractivity (Wildman–Crippen MR) is 106 cm³/mol. The Kier molecular flexibility index (Phi) is 5.76. The fourth-order valence-electron chi connectivity index (χ4n) is 3.79. The predicted octanol–water partition coefficient (Wildman–Crippen LogP) is 2.40. The molecule has 7 nitrogen and oxygen atoms in total. The molecule has 2 fully saturated rings. The third-order valence-electron chi connectivity index (χ3n) is 5.49. The number of primary amides is 1. The molecule has 4 rings (SSSR count). The highest BCUT2D eigenvalue weighted by atomic mass is 19.4. The molecule has 31 heavy (non-hydrogen) atoms. The van der Waals surface area contributed by atoms with Gasteiger partial charge in [0.1, 0.15) is 23.6 Å². The molecular weight excluding hydrogens is 415 g/mol. The molecule has 3 N–H and O–H groups in total. The van der Waals surface area contributed by atoms with E-state index in [-0.39, 0.29) is 17.2 Å². The van der Waals surface area contributed by atoms with Crippen molar-refractivity contribution in [2.24, 2.45) is 5.73 Å². The van der Waals surface area contributed by atoms with Crippen LogP contribution in [0.3, 0.4) is 0 Å². The van der Waals surface area contributed by atoms with Gasteiger partial charge in [0.25, 0.3) is 11.5 Å². The summed E-state index contributed by atoms with van der Waals surface area (Å²) in [6.07, 6.45) is -2.45. The number of alkyl halides is 3. The summed E-state index contributed by atoms with van der Waals surface area (Å²) in [4.78, 5) is 27.3. The molecule has 0 spiro atoms. The molecule has 1 atom stereocenters. The fraction of sp³-hybridized carbons (Fsp3) is 0.429. The summed E-state index contributed by atoms with van der Waals surface area (Å²) >= 11 is 0. The van der Waals surface area contributed by atoms with Crippen LogP contribution in [-0.2, 0) is 10.9 Å². The number of benzene rings is 1. The third-order valence-corrected chi connectivity index (χ3v) is 5.49. The van der Waals surface area contributed by atoms with Crippen LogP contribution < -0.4 is 16.0 Å². The molecule has 1 unspecified atom stereocenters. The van der Waals surface area contributed by atoms with Crippen molar-refractivity contribution in [2.75, 3.05) is 26.4 Å². The summed E-state index contributed by atoms with van der Waals surface area (Å²) in [5.74, 6) is -0.607. The summed E-state index contributed by atoms with van der Waals surface area (Å²) in [7, 11) is 0. The Morgan fingerprint density at radius 2 is 1.97 bits per heavy atom. The summed E-state index contributed by atoms with van der Waals surface area (Å²) in [5.41, 5.74) is 1.98. The van der Waals surface area contributed by atoms with Crippen molar-refractivity contribution < 1.29 is 27.4 Å². The van der Waals surface area contributed by atoms with Gasteiger partial charge in [0.05, 0.1) is 19.3 Å². The van der Waals surface area contributed by atoms with Crippen LogP contribution in [0, 0.1) is 0 Å². The van der Waals surface area contributed by atoms with E-state index < -0.39 is 28.9 Å². The first kappa shape index (κ1) is 21.4. The summed E-state index contributed by atoms with van der Waals surface area (Å²) in [6, 6.07) is 7.58. The van der Waals surface area contributed by atoms with Crippen molar-refractivity contribution in [3.63, 3.8) is 0 Å². The molecule has 0 bridgehead atoms. The third kappa shape index (κ3) is 4.75. The van der Waals surface area contributed by atoms with Gasteiger partial charge >= 0.3 is 6.18 Å². The standard InChI is InChI=1S/C21H22F3N3O4/c22-21(23,24)18-16(9-17(19(25)28)20(29)26-18)12-1-5-15(6-2-12)31-11-14-10-30-8-7-27(14)13-3-4-13/h1-2,5-6,9,13-14H,3-4,7-8,10-11H2,(H2,25,28)(H,26,29). The number of hydrogen-bond donors (Lipinski definition) is 2. The molecule has 0 radical (unpaired) electrons. The van der Waals surface area contributed by atoms with Crippen molar-refractivity contribution in [3.05, 3.63) is 51.9 Å². The second kappa shape index (κ2) is 8.35. The number of ether oxygens (including phenoxy) is 2. The average molecular weight is 437 g/mol. The van der Waals surface area contributed by atoms with E-state index in [1.165, 1.54) is 25.0 Å². The number of amides is 1. The van der Waals surface area contributed by atoms with Gasteiger partial charge in [0, 0.05) is 18.2 Å². The maximum Gasteiger partial charge on any atom is 0.431 e. The minimum absolute atomic E-state index is 0.134. The molecule has 2 aromatic rings. The number of rotatable bonds is 6. The SMILES string of the molecule is NC(=O)c1cc(-c2ccc(OCC3COCCN3C3CC3)cc2)c(C(F)(F)F)[nH]c1=O. The molecule has 1 amide bonds. The smallest absolute Gasteiger partial charge is 0.431 e. The van der Waals surface area contributed by atoms with Crippen LogP contribution in [0.1, 0.15) is 28.9 Å². The van der Waals surface area contributed by atoms with E-state index in [9.17, 15) is 22.8 Å². The molecule has 1 aromatic heterocycles. The lowest BCUT2D eigenvalue weighted by molar-refractivity contribution is -0.140. The van der Waals surface area contributed by atoms with Crippen molar-refractivity contribution >= 4 is 5.91 Å². The van der Waals surface area contributed by atoms with Crippen molar-refractivity contribution in [1.29, 1.82) is 0 Å². The number of H-pyrrole nitrogens is 1. The maximum absolute atomic E-state index is 13.4. The highest BCUT2D eigenvalue weighted by Gasteiger charge is 2.37. The number of halogens is 3. The zero-order chi connectivity index (χ0) is 22.2. The Morgan fingerprint density at radius 3 is 2.58 bits per heavy atom. The number of carbonyl (C=O) groups is 1. The first-order valence-corrected chi connectivity index (χ1v) is 9.95. The molecule has 1 saturated carbocycles. The number of carbonyl (C=O) groups excluding carboxylic acids is 1. The van der Waals surface area contributed by atoms with Crippen LogP contribution in [0.15, 0.2) is 35.1 Å². The number of nitrogens with two attached hydrogens (primary N) is 1. The number of pyridine rings is 1. The van der Waals surface area contributed by atoms with Gasteiger partial charge in [-0.25, -0.2) is 0 Å². The van der Waals surface area contributed by atoms with Crippen molar-refractivity contribution in [2.45, 2.75) is 31.1 Å². The summed E-state index contributed by atoms with van der Waals surface area (Å²) in [5, 5.41) is 0. The van der Waals surface area contributed by atoms with E-state index in [0.717, 1.165) is 12.6 Å². The first-order valence-electron chi connectivity index (χ1n) is 9.95. The first-order chi connectivity index (χ1) is 14.7. The van der Waals surface area contributed by atoms with Gasteiger partial charge in [-0.3, -0.25) is 14.5 Å². The number of aromatic nitrogens is 1. The zero-order valence-corrected chi connectivity index (χ0v) is 16.6. The number of morpholine rings is 1.